The lowest BCUT2D eigenvalue weighted by Gasteiger charge is -1.89. The fourth-order valence-corrected chi connectivity index (χ4v) is 1.11. The number of aromatic amines is 1. The minimum Gasteiger partial charge on any atom is -0.396 e. The summed E-state index contributed by atoms with van der Waals surface area (Å²) < 4.78 is 0. The van der Waals surface area contributed by atoms with Gasteiger partial charge in [-0.1, -0.05) is 0 Å². The number of aromatic nitrogens is 3. The van der Waals surface area contributed by atoms with E-state index in [1.54, 1.807) is 12.4 Å². The maximum absolute atomic E-state index is 5.61. The predicted molar refractivity (Wildman–Crippen MR) is 43.3 cm³/mol. The van der Waals surface area contributed by atoms with Crippen LogP contribution in [0.15, 0.2) is 12.4 Å². The molecule has 0 aromatic carbocycles. The molecule has 0 fully saturated rings. The van der Waals surface area contributed by atoms with Gasteiger partial charge in [-0.2, -0.15) is 0 Å². The standard InChI is InChI=1S/C6H5ClN4/c7-6-10-4-2-9-1-3(8)5(4)11-6/h1-2H,8H2,(H,10,11). The molecule has 5 heteroatoms. The molecule has 0 radical (unpaired) electrons. The van der Waals surface area contributed by atoms with E-state index in [2.05, 4.69) is 15.0 Å². The van der Waals surface area contributed by atoms with Crippen molar-refractivity contribution in [2.45, 2.75) is 0 Å². The van der Waals surface area contributed by atoms with Gasteiger partial charge < -0.3 is 10.7 Å². The third kappa shape index (κ3) is 0.914. The van der Waals surface area contributed by atoms with Gasteiger partial charge >= 0.3 is 0 Å². The average molecular weight is 169 g/mol. The second kappa shape index (κ2) is 2.10. The van der Waals surface area contributed by atoms with Crippen LogP contribution >= 0.6 is 11.6 Å². The highest BCUT2D eigenvalue weighted by atomic mass is 35.5. The van der Waals surface area contributed by atoms with Crippen molar-refractivity contribution in [3.05, 3.63) is 17.7 Å². The summed E-state index contributed by atoms with van der Waals surface area (Å²) in [4.78, 5) is 10.6. The van der Waals surface area contributed by atoms with Gasteiger partial charge in [0.2, 0.25) is 5.28 Å². The van der Waals surface area contributed by atoms with Crippen molar-refractivity contribution in [3.63, 3.8) is 0 Å². The minimum absolute atomic E-state index is 0.333. The number of hydrogen-bond acceptors (Lipinski definition) is 3. The summed E-state index contributed by atoms with van der Waals surface area (Å²) in [6, 6.07) is 0. The fourth-order valence-electron chi connectivity index (χ4n) is 0.923. The quantitative estimate of drug-likeness (QED) is 0.621. The van der Waals surface area contributed by atoms with Crippen molar-refractivity contribution in [1.82, 2.24) is 15.0 Å². The van der Waals surface area contributed by atoms with Crippen LogP contribution in [0.4, 0.5) is 5.69 Å². The van der Waals surface area contributed by atoms with Gasteiger partial charge in [0.1, 0.15) is 5.52 Å². The molecule has 0 saturated heterocycles. The van der Waals surface area contributed by atoms with E-state index >= 15 is 0 Å². The van der Waals surface area contributed by atoms with Crippen LogP contribution in [0.5, 0.6) is 0 Å². The molecule has 0 amide bonds. The summed E-state index contributed by atoms with van der Waals surface area (Å²) in [6.45, 7) is 0. The first-order valence-corrected chi connectivity index (χ1v) is 3.40. The van der Waals surface area contributed by atoms with Crippen LogP contribution in [0.1, 0.15) is 0 Å². The maximum Gasteiger partial charge on any atom is 0.201 e. The predicted octanol–water partition coefficient (Wildman–Crippen LogP) is 1.19. The molecule has 0 aliphatic carbocycles. The van der Waals surface area contributed by atoms with Crippen LogP contribution in [0.2, 0.25) is 5.28 Å². The molecule has 11 heavy (non-hydrogen) atoms. The number of rotatable bonds is 0. The molecule has 2 heterocycles. The van der Waals surface area contributed by atoms with Crippen LogP contribution in [-0.4, -0.2) is 15.0 Å². The Kier molecular flexibility index (Phi) is 1.22. The number of hydrogen-bond donors (Lipinski definition) is 2. The van der Waals surface area contributed by atoms with E-state index in [9.17, 15) is 0 Å². The molecular weight excluding hydrogens is 164 g/mol. The van der Waals surface area contributed by atoms with Gasteiger partial charge in [-0.25, -0.2) is 4.98 Å². The van der Waals surface area contributed by atoms with Gasteiger partial charge in [0.05, 0.1) is 23.6 Å². The van der Waals surface area contributed by atoms with E-state index < -0.39 is 0 Å². The van der Waals surface area contributed by atoms with Crippen molar-refractivity contribution in [2.24, 2.45) is 0 Å². The molecule has 0 aliphatic heterocycles. The SMILES string of the molecule is Nc1cncc2[nH]c(Cl)nc12. The number of fused-ring (bicyclic) bond motifs is 1. The summed E-state index contributed by atoms with van der Waals surface area (Å²) in [5.41, 5.74) is 7.53. The molecule has 56 valence electrons. The Morgan fingerprint density at radius 3 is 3.00 bits per heavy atom. The zero-order valence-corrected chi connectivity index (χ0v) is 6.26. The zero-order chi connectivity index (χ0) is 7.84. The van der Waals surface area contributed by atoms with E-state index in [1.165, 1.54) is 0 Å². The molecule has 2 aromatic rings. The molecule has 0 atom stereocenters. The topological polar surface area (TPSA) is 67.6 Å². The van der Waals surface area contributed by atoms with Crippen LogP contribution in [0.3, 0.4) is 0 Å². The zero-order valence-electron chi connectivity index (χ0n) is 5.50. The normalized spacial score (nSPS) is 10.6. The lowest BCUT2D eigenvalue weighted by molar-refractivity contribution is 1.33. The number of nitrogens with two attached hydrogens (primary N) is 1. The van der Waals surface area contributed by atoms with Crippen molar-refractivity contribution in [3.8, 4) is 0 Å². The number of anilines is 1. The fraction of sp³-hybridized carbons (Fsp3) is 0. The molecular formula is C6H5ClN4. The Bertz CT molecular complexity index is 394. The largest absolute Gasteiger partial charge is 0.396 e. The summed E-state index contributed by atoms with van der Waals surface area (Å²) in [6.07, 6.45) is 3.17. The summed E-state index contributed by atoms with van der Waals surface area (Å²) in [5, 5.41) is 0.333. The first-order valence-electron chi connectivity index (χ1n) is 3.02. The second-order valence-electron chi connectivity index (χ2n) is 2.15. The number of nitrogen functional groups attached to an aromatic ring is 1. The Morgan fingerprint density at radius 1 is 1.45 bits per heavy atom. The average Bonchev–Trinajstić information content (AvgIpc) is 2.31. The molecule has 4 nitrogen and oxygen atoms in total. The monoisotopic (exact) mass is 168 g/mol. The number of H-pyrrole nitrogens is 1. The smallest absolute Gasteiger partial charge is 0.201 e. The molecule has 2 aromatic heterocycles. The van der Waals surface area contributed by atoms with Gasteiger partial charge in [0.25, 0.3) is 0 Å². The number of halogens is 1. The summed E-state index contributed by atoms with van der Waals surface area (Å²) in [7, 11) is 0. The highest BCUT2D eigenvalue weighted by Crippen LogP contribution is 2.18. The van der Waals surface area contributed by atoms with Gasteiger partial charge in [-0.15, -0.1) is 0 Å². The summed E-state index contributed by atoms with van der Waals surface area (Å²) >= 11 is 5.61. The van der Waals surface area contributed by atoms with E-state index in [0.717, 1.165) is 5.52 Å². The first-order chi connectivity index (χ1) is 5.27. The van der Waals surface area contributed by atoms with Crippen molar-refractivity contribution in [1.29, 1.82) is 0 Å². The van der Waals surface area contributed by atoms with Crippen LogP contribution in [0.25, 0.3) is 11.0 Å². The molecule has 0 spiro atoms. The molecule has 0 unspecified atom stereocenters. The van der Waals surface area contributed by atoms with Gasteiger partial charge in [0.15, 0.2) is 0 Å². The van der Waals surface area contributed by atoms with Crippen LogP contribution < -0.4 is 5.73 Å². The van der Waals surface area contributed by atoms with Crippen LogP contribution in [0, 0.1) is 0 Å². The van der Waals surface area contributed by atoms with Crippen molar-refractivity contribution >= 4 is 28.3 Å². The van der Waals surface area contributed by atoms with E-state index in [4.69, 9.17) is 17.3 Å². The first kappa shape index (κ1) is 6.42. The lowest BCUT2D eigenvalue weighted by Crippen LogP contribution is -1.86. The van der Waals surface area contributed by atoms with Gasteiger partial charge in [-0.05, 0) is 11.6 Å². The number of nitrogens with one attached hydrogen (secondary N) is 1. The van der Waals surface area contributed by atoms with E-state index in [0.29, 0.717) is 16.5 Å². The third-order valence-corrected chi connectivity index (χ3v) is 1.57. The van der Waals surface area contributed by atoms with E-state index in [-0.39, 0.29) is 0 Å². The van der Waals surface area contributed by atoms with Gasteiger partial charge in [-0.3, -0.25) is 4.98 Å². The Labute approximate surface area is 67.4 Å². The lowest BCUT2D eigenvalue weighted by atomic mass is 10.4. The Morgan fingerprint density at radius 2 is 2.27 bits per heavy atom. The second-order valence-corrected chi connectivity index (χ2v) is 2.51. The molecule has 0 saturated carbocycles. The Hall–Kier alpha value is -1.29. The number of nitrogens with zero attached hydrogens (tertiary/aromatic N) is 2. The molecule has 0 bridgehead atoms. The van der Waals surface area contributed by atoms with Crippen LogP contribution in [-0.2, 0) is 0 Å². The molecule has 2 rings (SSSR count). The van der Waals surface area contributed by atoms with Crippen molar-refractivity contribution < 1.29 is 0 Å². The Balaban J connectivity index is 2.90. The highest BCUT2D eigenvalue weighted by Gasteiger charge is 2.02. The molecule has 3 N–H and O–H groups in total. The number of pyridine rings is 1. The number of imidazole rings is 1. The maximum atomic E-state index is 5.61. The van der Waals surface area contributed by atoms with E-state index in [1.807, 2.05) is 0 Å². The molecule has 0 aliphatic rings. The highest BCUT2D eigenvalue weighted by molar-refractivity contribution is 6.29. The minimum atomic E-state index is 0.333. The summed E-state index contributed by atoms with van der Waals surface area (Å²) in [5.74, 6) is 0. The third-order valence-electron chi connectivity index (χ3n) is 1.39. The van der Waals surface area contributed by atoms with Gasteiger partial charge in [0, 0.05) is 0 Å². The van der Waals surface area contributed by atoms with Crippen molar-refractivity contribution in [2.75, 3.05) is 5.73 Å².